The lowest BCUT2D eigenvalue weighted by Gasteiger charge is -2.39. The Hall–Kier alpha value is -1.37. The zero-order chi connectivity index (χ0) is 14.8. The second kappa shape index (κ2) is 5.32. The van der Waals surface area contributed by atoms with Crippen LogP contribution in [-0.2, 0) is 14.3 Å². The predicted octanol–water partition coefficient (Wildman–Crippen LogP) is 0.836. The Morgan fingerprint density at radius 3 is 2.42 bits per heavy atom. The number of nitrogens with two attached hydrogens (primary N) is 1. The molecular formula is C12H21FN2O4. The molecule has 1 heterocycles. The number of methoxy groups -OCH3 is 1. The monoisotopic (exact) mass is 276 g/mol. The Morgan fingerprint density at radius 1 is 1.42 bits per heavy atom. The minimum absolute atomic E-state index is 0.0637. The molecule has 0 aromatic rings. The number of carbonyl (C=O) groups is 2. The fraction of sp³-hybridized carbons (Fsp3) is 0.833. The molecule has 1 aliphatic rings. The van der Waals surface area contributed by atoms with Gasteiger partial charge in [0.15, 0.2) is 0 Å². The first-order valence-corrected chi connectivity index (χ1v) is 6.11. The van der Waals surface area contributed by atoms with Crippen molar-refractivity contribution in [1.82, 2.24) is 4.90 Å². The van der Waals surface area contributed by atoms with Gasteiger partial charge >= 0.3 is 12.1 Å². The lowest BCUT2D eigenvalue weighted by atomic mass is 9.89. The van der Waals surface area contributed by atoms with E-state index in [-0.39, 0.29) is 19.5 Å². The van der Waals surface area contributed by atoms with Crippen molar-refractivity contribution in [3.63, 3.8) is 0 Å². The largest absolute Gasteiger partial charge is 0.467 e. The van der Waals surface area contributed by atoms with Gasteiger partial charge in [-0.2, -0.15) is 0 Å². The van der Waals surface area contributed by atoms with Crippen molar-refractivity contribution >= 4 is 12.1 Å². The predicted molar refractivity (Wildman–Crippen MR) is 66.3 cm³/mol. The number of nitrogens with zero attached hydrogens (tertiary/aromatic N) is 1. The summed E-state index contributed by atoms with van der Waals surface area (Å²) in [5.41, 5.74) is 2.78. The van der Waals surface area contributed by atoms with Crippen LogP contribution in [0.3, 0.4) is 0 Å². The third-order valence-corrected chi connectivity index (χ3v) is 2.93. The van der Waals surface area contributed by atoms with Crippen molar-refractivity contribution < 1.29 is 23.5 Å². The first kappa shape index (κ1) is 15.7. The number of halogens is 1. The first-order valence-electron chi connectivity index (χ1n) is 6.11. The number of hydrogen-bond donors (Lipinski definition) is 1. The van der Waals surface area contributed by atoms with E-state index in [1.807, 2.05) is 0 Å². The maximum atomic E-state index is 14.4. The van der Waals surface area contributed by atoms with E-state index >= 15 is 0 Å². The SMILES string of the molecule is COC(=O)C1(F)CCN(C(=O)OC(C)(C)C)CC1N. The molecule has 0 aromatic heterocycles. The van der Waals surface area contributed by atoms with Crippen LogP contribution in [0.15, 0.2) is 0 Å². The summed E-state index contributed by atoms with van der Waals surface area (Å²) in [7, 11) is 1.11. The number of esters is 1. The van der Waals surface area contributed by atoms with Gasteiger partial charge in [0.2, 0.25) is 5.67 Å². The van der Waals surface area contributed by atoms with Crippen molar-refractivity contribution in [1.29, 1.82) is 0 Å². The van der Waals surface area contributed by atoms with Crippen LogP contribution < -0.4 is 5.73 Å². The second-order valence-corrected chi connectivity index (χ2v) is 5.64. The summed E-state index contributed by atoms with van der Waals surface area (Å²) in [6, 6.07) is -1.12. The lowest BCUT2D eigenvalue weighted by Crippen LogP contribution is -2.62. The topological polar surface area (TPSA) is 81.9 Å². The molecule has 110 valence electrons. The highest BCUT2D eigenvalue weighted by atomic mass is 19.1. The van der Waals surface area contributed by atoms with E-state index in [0.29, 0.717) is 0 Å². The van der Waals surface area contributed by atoms with Crippen LogP contribution in [0.4, 0.5) is 9.18 Å². The molecule has 0 radical (unpaired) electrons. The van der Waals surface area contributed by atoms with E-state index in [1.165, 1.54) is 4.90 Å². The summed E-state index contributed by atoms with van der Waals surface area (Å²) >= 11 is 0. The number of rotatable bonds is 1. The van der Waals surface area contributed by atoms with E-state index in [9.17, 15) is 14.0 Å². The number of ether oxygens (including phenoxy) is 2. The van der Waals surface area contributed by atoms with E-state index < -0.39 is 29.4 Å². The minimum Gasteiger partial charge on any atom is -0.467 e. The number of amides is 1. The Morgan fingerprint density at radius 2 is 2.00 bits per heavy atom. The molecular weight excluding hydrogens is 255 g/mol. The third-order valence-electron chi connectivity index (χ3n) is 2.93. The number of hydrogen-bond acceptors (Lipinski definition) is 5. The summed E-state index contributed by atoms with van der Waals surface area (Å²) in [5.74, 6) is -0.996. The summed E-state index contributed by atoms with van der Waals surface area (Å²) in [6.07, 6.45) is -0.755. The molecule has 7 heteroatoms. The maximum absolute atomic E-state index is 14.4. The fourth-order valence-corrected chi connectivity index (χ4v) is 1.87. The molecule has 0 aliphatic carbocycles. The Balaban J connectivity index is 2.69. The molecule has 1 rings (SSSR count). The Bertz CT molecular complexity index is 369. The van der Waals surface area contributed by atoms with Crippen LogP contribution in [0.2, 0.25) is 0 Å². The average Bonchev–Trinajstić information content (AvgIpc) is 2.29. The molecule has 0 bridgehead atoms. The van der Waals surface area contributed by atoms with E-state index in [4.69, 9.17) is 10.5 Å². The van der Waals surface area contributed by atoms with E-state index in [1.54, 1.807) is 20.8 Å². The number of carbonyl (C=O) groups excluding carboxylic acids is 2. The zero-order valence-corrected chi connectivity index (χ0v) is 11.7. The summed E-state index contributed by atoms with van der Waals surface area (Å²) in [5, 5.41) is 0. The van der Waals surface area contributed by atoms with Gasteiger partial charge in [0, 0.05) is 19.5 Å². The summed E-state index contributed by atoms with van der Waals surface area (Å²) in [6.45, 7) is 5.20. The highest BCUT2D eigenvalue weighted by Crippen LogP contribution is 2.28. The molecule has 2 N–H and O–H groups in total. The van der Waals surface area contributed by atoms with Crippen LogP contribution in [-0.4, -0.2) is 54.5 Å². The minimum atomic E-state index is -2.24. The molecule has 2 unspecified atom stereocenters. The summed E-state index contributed by atoms with van der Waals surface area (Å²) in [4.78, 5) is 24.5. The van der Waals surface area contributed by atoms with Gasteiger partial charge in [0.25, 0.3) is 0 Å². The highest BCUT2D eigenvalue weighted by Gasteiger charge is 2.50. The van der Waals surface area contributed by atoms with E-state index in [2.05, 4.69) is 4.74 Å². The second-order valence-electron chi connectivity index (χ2n) is 5.64. The standard InChI is InChI=1S/C12H21FN2O4/c1-11(2,3)19-10(17)15-6-5-12(13,8(14)7-15)9(16)18-4/h8H,5-7,14H2,1-4H3. The quantitative estimate of drug-likeness (QED) is 0.717. The van der Waals surface area contributed by atoms with Crippen molar-refractivity contribution in [2.75, 3.05) is 20.2 Å². The molecule has 2 atom stereocenters. The third kappa shape index (κ3) is 3.56. The van der Waals surface area contributed by atoms with Gasteiger partial charge in [-0.1, -0.05) is 0 Å². The van der Waals surface area contributed by atoms with Gasteiger partial charge in [-0.3, -0.25) is 0 Å². The molecule has 0 aromatic carbocycles. The number of likely N-dealkylation sites (tertiary alicyclic amines) is 1. The van der Waals surface area contributed by atoms with Crippen LogP contribution >= 0.6 is 0 Å². The Kier molecular flexibility index (Phi) is 4.39. The van der Waals surface area contributed by atoms with Gasteiger partial charge in [-0.05, 0) is 20.8 Å². The average molecular weight is 276 g/mol. The van der Waals surface area contributed by atoms with Crippen molar-refractivity contribution in [3.8, 4) is 0 Å². The summed E-state index contributed by atoms with van der Waals surface area (Å²) < 4.78 is 23.9. The smallest absolute Gasteiger partial charge is 0.410 e. The van der Waals surface area contributed by atoms with Gasteiger partial charge in [0.1, 0.15) is 5.60 Å². The molecule has 6 nitrogen and oxygen atoms in total. The zero-order valence-electron chi connectivity index (χ0n) is 11.7. The maximum Gasteiger partial charge on any atom is 0.410 e. The van der Waals surface area contributed by atoms with Crippen LogP contribution in [0.1, 0.15) is 27.2 Å². The molecule has 19 heavy (non-hydrogen) atoms. The number of alkyl halides is 1. The van der Waals surface area contributed by atoms with Crippen molar-refractivity contribution in [3.05, 3.63) is 0 Å². The number of piperidine rings is 1. The fourth-order valence-electron chi connectivity index (χ4n) is 1.87. The van der Waals surface area contributed by atoms with Crippen LogP contribution in [0, 0.1) is 0 Å². The molecule has 0 spiro atoms. The van der Waals surface area contributed by atoms with E-state index in [0.717, 1.165) is 7.11 Å². The van der Waals surface area contributed by atoms with Crippen LogP contribution in [0.25, 0.3) is 0 Å². The first-order chi connectivity index (χ1) is 8.60. The Labute approximate surface area is 112 Å². The molecule has 1 aliphatic heterocycles. The van der Waals surface area contributed by atoms with Gasteiger partial charge in [-0.25, -0.2) is 14.0 Å². The van der Waals surface area contributed by atoms with Gasteiger partial charge in [0.05, 0.1) is 13.2 Å². The molecule has 1 amide bonds. The molecule has 1 saturated heterocycles. The highest BCUT2D eigenvalue weighted by molar-refractivity contribution is 5.81. The van der Waals surface area contributed by atoms with Crippen molar-refractivity contribution in [2.24, 2.45) is 5.73 Å². The molecule has 0 saturated carbocycles. The lowest BCUT2D eigenvalue weighted by molar-refractivity contribution is -0.159. The van der Waals surface area contributed by atoms with Crippen molar-refractivity contribution in [2.45, 2.75) is 44.5 Å². The van der Waals surface area contributed by atoms with Gasteiger partial charge < -0.3 is 20.1 Å². The molecule has 1 fully saturated rings. The van der Waals surface area contributed by atoms with Crippen LogP contribution in [0.5, 0.6) is 0 Å². The van der Waals surface area contributed by atoms with Gasteiger partial charge in [-0.15, -0.1) is 0 Å². The normalized spacial score (nSPS) is 27.9.